The molecule has 0 heterocycles. The first-order valence-corrected chi connectivity index (χ1v) is 4.50. The third-order valence-electron chi connectivity index (χ3n) is 1.47. The predicted molar refractivity (Wildman–Crippen MR) is 48.4 cm³/mol. The minimum atomic E-state index is -0.415. The molecule has 0 aliphatic heterocycles. The van der Waals surface area contributed by atoms with Crippen molar-refractivity contribution >= 4 is 32.6 Å². The van der Waals surface area contributed by atoms with Gasteiger partial charge in [-0.25, -0.2) is 4.39 Å². The zero-order valence-corrected chi connectivity index (χ0v) is 8.92. The van der Waals surface area contributed by atoms with E-state index >= 15 is 0 Å². The molecular weight excluding hydrogens is 240 g/mol. The molecule has 1 aromatic carbocycles. The van der Waals surface area contributed by atoms with Crippen LogP contribution in [0.4, 0.5) is 4.39 Å². The Morgan fingerprint density at radius 1 is 1.58 bits per heavy atom. The average Bonchev–Trinajstić information content (AvgIpc) is 2.06. The molecule has 2 N–H and O–H groups in total. The third-order valence-corrected chi connectivity index (χ3v) is 2.33. The van der Waals surface area contributed by atoms with Crippen LogP contribution in [-0.4, -0.2) is 16.6 Å². The van der Waals surface area contributed by atoms with Crippen molar-refractivity contribution in [3.63, 3.8) is 0 Å². The van der Waals surface area contributed by atoms with Crippen LogP contribution in [-0.2, 0) is 6.54 Å². The summed E-state index contributed by atoms with van der Waals surface area (Å²) in [7, 11) is 0. The van der Waals surface area contributed by atoms with Crippen LogP contribution in [0.15, 0.2) is 16.6 Å². The lowest BCUT2D eigenvalue weighted by Gasteiger charge is -2.09. The zero-order chi connectivity index (χ0) is 9.14. The van der Waals surface area contributed by atoms with E-state index in [9.17, 15) is 4.39 Å². The molecule has 0 unspecified atom stereocenters. The summed E-state index contributed by atoms with van der Waals surface area (Å²) in [5.74, 6) is -0.246. The van der Waals surface area contributed by atoms with Crippen molar-refractivity contribution < 1.29 is 8.18 Å². The van der Waals surface area contributed by atoms with E-state index in [-0.39, 0.29) is 12.3 Å². The van der Waals surface area contributed by atoms with Crippen molar-refractivity contribution in [3.05, 3.63) is 28.0 Å². The summed E-state index contributed by atoms with van der Waals surface area (Å²) in [5, 5.41) is 0. The lowest BCUT2D eigenvalue weighted by Crippen LogP contribution is -2.02. The Balaban J connectivity index is 3.24. The highest BCUT2D eigenvalue weighted by atomic mass is 79.9. The van der Waals surface area contributed by atoms with Gasteiger partial charge in [0, 0.05) is 12.1 Å². The van der Waals surface area contributed by atoms with Crippen molar-refractivity contribution in [2.45, 2.75) is 6.54 Å². The summed E-state index contributed by atoms with van der Waals surface area (Å²) in [5.41, 5.74) is 5.75. The maximum absolute atomic E-state index is 13.3. The standard InChI is InChI=1S/C7H7BrFNO.Al/c8-5-2-1-4(3-10)6(9)7(5)11;/h1-2,11H,3,10H2;/q;+1/p-1. The number of rotatable bonds is 2. The van der Waals surface area contributed by atoms with Gasteiger partial charge in [0.2, 0.25) is 0 Å². The van der Waals surface area contributed by atoms with Gasteiger partial charge >= 0.3 is 16.6 Å². The van der Waals surface area contributed by atoms with E-state index in [0.717, 1.165) is 0 Å². The molecule has 5 heteroatoms. The molecular formula is C7H6AlBrFNO. The molecule has 0 aromatic heterocycles. The van der Waals surface area contributed by atoms with Gasteiger partial charge in [-0.1, -0.05) is 6.07 Å². The monoisotopic (exact) mass is 245 g/mol. The number of hydrogen-bond donors (Lipinski definition) is 1. The fraction of sp³-hybridized carbons (Fsp3) is 0.143. The summed E-state index contributed by atoms with van der Waals surface area (Å²) in [6.07, 6.45) is 0. The molecule has 1 rings (SSSR count). The SMILES string of the molecule is NCc1ccc(Br)c([O][Al])c1F. The second-order valence-electron chi connectivity index (χ2n) is 2.17. The van der Waals surface area contributed by atoms with Gasteiger partial charge in [0.05, 0.1) is 4.47 Å². The lowest BCUT2D eigenvalue weighted by molar-refractivity contribution is 0.516. The van der Waals surface area contributed by atoms with Crippen LogP contribution in [0.2, 0.25) is 0 Å². The molecule has 0 spiro atoms. The second-order valence-corrected chi connectivity index (χ2v) is 3.26. The first kappa shape index (κ1) is 10.0. The van der Waals surface area contributed by atoms with E-state index in [4.69, 9.17) is 9.52 Å². The van der Waals surface area contributed by atoms with Gasteiger partial charge in [0.15, 0.2) is 5.82 Å². The molecule has 0 fully saturated rings. The Labute approximate surface area is 86.8 Å². The van der Waals surface area contributed by atoms with E-state index in [1.54, 1.807) is 12.1 Å². The molecule has 2 nitrogen and oxygen atoms in total. The molecule has 12 heavy (non-hydrogen) atoms. The van der Waals surface area contributed by atoms with Crippen LogP contribution in [0.25, 0.3) is 0 Å². The molecule has 0 aliphatic rings. The third kappa shape index (κ3) is 1.80. The number of hydrogen-bond acceptors (Lipinski definition) is 2. The van der Waals surface area contributed by atoms with Crippen molar-refractivity contribution in [3.8, 4) is 5.75 Å². The van der Waals surface area contributed by atoms with Gasteiger partial charge in [0.1, 0.15) is 5.75 Å². The van der Waals surface area contributed by atoms with E-state index in [2.05, 4.69) is 15.9 Å². The van der Waals surface area contributed by atoms with Crippen molar-refractivity contribution in [2.75, 3.05) is 0 Å². The zero-order valence-electron chi connectivity index (χ0n) is 6.18. The topological polar surface area (TPSA) is 35.2 Å². The van der Waals surface area contributed by atoms with Gasteiger partial charge < -0.3 is 9.52 Å². The second kappa shape index (κ2) is 4.24. The van der Waals surface area contributed by atoms with E-state index in [0.29, 0.717) is 10.0 Å². The minimum absolute atomic E-state index is 0.167. The molecule has 0 atom stereocenters. The summed E-state index contributed by atoms with van der Waals surface area (Å²) in [6, 6.07) is 3.32. The van der Waals surface area contributed by atoms with Crippen molar-refractivity contribution in [1.82, 2.24) is 0 Å². The number of benzene rings is 1. The summed E-state index contributed by atoms with van der Waals surface area (Å²) < 4.78 is 18.6. The van der Waals surface area contributed by atoms with Crippen LogP contribution >= 0.6 is 15.9 Å². The predicted octanol–water partition coefficient (Wildman–Crippen LogP) is 1.51. The Kier molecular flexibility index (Phi) is 3.54. The molecule has 2 radical (unpaired) electrons. The Morgan fingerprint density at radius 3 is 2.75 bits per heavy atom. The van der Waals surface area contributed by atoms with Gasteiger partial charge in [0.25, 0.3) is 0 Å². The van der Waals surface area contributed by atoms with E-state index in [1.807, 2.05) is 16.6 Å². The van der Waals surface area contributed by atoms with Crippen LogP contribution in [0, 0.1) is 5.82 Å². The highest BCUT2D eigenvalue weighted by Crippen LogP contribution is 2.29. The fourth-order valence-corrected chi connectivity index (χ4v) is 1.64. The number of halogens is 2. The Morgan fingerprint density at radius 2 is 2.25 bits per heavy atom. The maximum Gasteiger partial charge on any atom is 0.482 e. The highest BCUT2D eigenvalue weighted by molar-refractivity contribution is 9.10. The molecule has 62 valence electrons. The van der Waals surface area contributed by atoms with Crippen LogP contribution in [0.5, 0.6) is 5.75 Å². The number of nitrogens with two attached hydrogens (primary N) is 1. The summed E-state index contributed by atoms with van der Waals surface area (Å²) in [4.78, 5) is 0. The molecule has 0 saturated carbocycles. The van der Waals surface area contributed by atoms with Crippen molar-refractivity contribution in [2.24, 2.45) is 5.73 Å². The molecule has 0 amide bonds. The van der Waals surface area contributed by atoms with Crippen LogP contribution in [0.1, 0.15) is 5.56 Å². The smallest absolute Gasteiger partial charge is 0.482 e. The normalized spacial score (nSPS) is 9.92. The fourth-order valence-electron chi connectivity index (χ4n) is 0.839. The van der Waals surface area contributed by atoms with Gasteiger partial charge in [-0.3, -0.25) is 0 Å². The van der Waals surface area contributed by atoms with E-state index in [1.165, 1.54) is 0 Å². The van der Waals surface area contributed by atoms with Gasteiger partial charge in [-0.2, -0.15) is 0 Å². The first-order valence-electron chi connectivity index (χ1n) is 3.24. The average molecular weight is 246 g/mol. The first-order chi connectivity index (χ1) is 5.70. The Bertz CT molecular complexity index is 295. The van der Waals surface area contributed by atoms with Gasteiger partial charge in [-0.15, -0.1) is 0 Å². The van der Waals surface area contributed by atoms with Crippen molar-refractivity contribution in [1.29, 1.82) is 0 Å². The molecule has 0 bridgehead atoms. The maximum atomic E-state index is 13.3. The quantitative estimate of drug-likeness (QED) is 0.802. The van der Waals surface area contributed by atoms with E-state index < -0.39 is 5.82 Å². The summed E-state index contributed by atoms with van der Waals surface area (Å²) in [6.45, 7) is 0.167. The van der Waals surface area contributed by atoms with Crippen LogP contribution in [0.3, 0.4) is 0 Å². The Hall–Kier alpha value is -0.0775. The lowest BCUT2D eigenvalue weighted by atomic mass is 10.2. The summed E-state index contributed by atoms with van der Waals surface area (Å²) >= 11 is 5.15. The highest BCUT2D eigenvalue weighted by Gasteiger charge is 2.09. The van der Waals surface area contributed by atoms with Gasteiger partial charge in [-0.05, 0) is 22.0 Å². The largest absolute Gasteiger partial charge is 0.651 e. The molecule has 0 saturated heterocycles. The molecule has 1 aromatic rings. The van der Waals surface area contributed by atoms with Crippen LogP contribution < -0.4 is 9.52 Å². The molecule has 0 aliphatic carbocycles. The minimum Gasteiger partial charge on any atom is -0.651 e.